The van der Waals surface area contributed by atoms with Gasteiger partial charge in [0.15, 0.2) is 0 Å². The van der Waals surface area contributed by atoms with Crippen molar-refractivity contribution in [3.05, 3.63) is 89.9 Å². The maximum Gasteiger partial charge on any atom is 0.119 e. The van der Waals surface area contributed by atoms with Crippen LogP contribution in [0.5, 0.6) is 5.75 Å². The molecule has 1 atom stereocenters. The number of hydrogen-bond donors (Lipinski definition) is 2. The molecule has 1 aliphatic rings. The van der Waals surface area contributed by atoms with Gasteiger partial charge in [-0.25, -0.2) is 0 Å². The fourth-order valence-corrected chi connectivity index (χ4v) is 3.37. The average molecular weight is 406 g/mol. The average Bonchev–Trinajstić information content (AvgIpc) is 3.25. The Balaban J connectivity index is 1.57. The van der Waals surface area contributed by atoms with Crippen LogP contribution in [0.2, 0.25) is 0 Å². The molecule has 0 fully saturated rings. The smallest absolute Gasteiger partial charge is 0.119 e. The molecule has 0 saturated carbocycles. The van der Waals surface area contributed by atoms with E-state index >= 15 is 0 Å². The van der Waals surface area contributed by atoms with Crippen molar-refractivity contribution in [2.24, 2.45) is 11.8 Å². The van der Waals surface area contributed by atoms with Gasteiger partial charge in [0.25, 0.3) is 0 Å². The zero-order valence-electron chi connectivity index (χ0n) is 18.5. The molecule has 0 saturated heterocycles. The summed E-state index contributed by atoms with van der Waals surface area (Å²) in [7, 11) is 0. The summed E-state index contributed by atoms with van der Waals surface area (Å²) >= 11 is 0. The molecule has 2 aromatic rings. The van der Waals surface area contributed by atoms with Crippen LogP contribution >= 0.6 is 0 Å². The van der Waals surface area contributed by atoms with Crippen LogP contribution in [0.4, 0.5) is 0 Å². The third-order valence-corrected chi connectivity index (χ3v) is 5.20. The predicted octanol–water partition coefficient (Wildman–Crippen LogP) is 4.83. The summed E-state index contributed by atoms with van der Waals surface area (Å²) in [6.45, 7) is 15.0. The zero-order chi connectivity index (χ0) is 21.3. The molecule has 2 N–H and O–H groups in total. The number of aryl methyl sites for hydroxylation is 1. The van der Waals surface area contributed by atoms with Gasteiger partial charge in [0.2, 0.25) is 0 Å². The minimum Gasteiger partial charge on any atom is -0.493 e. The zero-order valence-corrected chi connectivity index (χ0v) is 18.5. The van der Waals surface area contributed by atoms with Crippen LogP contribution in [0, 0.1) is 18.8 Å². The largest absolute Gasteiger partial charge is 0.493 e. The van der Waals surface area contributed by atoms with Gasteiger partial charge in [-0.3, -0.25) is 0 Å². The number of hydrogen-bond acceptors (Lipinski definition) is 4. The van der Waals surface area contributed by atoms with Crippen LogP contribution in [0.3, 0.4) is 0 Å². The first-order valence-corrected chi connectivity index (χ1v) is 10.8. The topological polar surface area (TPSA) is 36.5 Å². The number of nitrogens with one attached hydrogen (secondary N) is 2. The van der Waals surface area contributed by atoms with Crippen molar-refractivity contribution in [3.8, 4) is 5.75 Å². The van der Waals surface area contributed by atoms with Gasteiger partial charge in [-0.2, -0.15) is 0 Å². The first kappa shape index (κ1) is 21.8. The fraction of sp³-hybridized carbons (Fsp3) is 0.385. The Bertz CT molecular complexity index is 824. The van der Waals surface area contributed by atoms with Crippen LogP contribution in [0.15, 0.2) is 73.2 Å². The highest BCUT2D eigenvalue weighted by Crippen LogP contribution is 2.16. The van der Waals surface area contributed by atoms with Crippen LogP contribution < -0.4 is 15.4 Å². The van der Waals surface area contributed by atoms with Gasteiger partial charge in [0.1, 0.15) is 5.75 Å². The maximum atomic E-state index is 5.78. The Morgan fingerprint density at radius 1 is 1.13 bits per heavy atom. The standard InChI is InChI=1S/C26H35N3O/c1-20(2)19-30-26-11-9-23(10-12-26)16-28-22(4)29(18-25-13-14-27-15-25)17-24-7-5-21(3)6-8-24/h5-14,20,25,27-28H,4,15-19H2,1-3H3. The molecule has 1 aliphatic heterocycles. The second kappa shape index (κ2) is 10.8. The lowest BCUT2D eigenvalue weighted by molar-refractivity contribution is 0.271. The quantitative estimate of drug-likeness (QED) is 0.562. The molecule has 0 bridgehead atoms. The Hall–Kier alpha value is -2.88. The molecular formula is C26H35N3O. The van der Waals surface area contributed by atoms with Crippen molar-refractivity contribution in [3.63, 3.8) is 0 Å². The van der Waals surface area contributed by atoms with Crippen LogP contribution in [0.1, 0.15) is 30.5 Å². The van der Waals surface area contributed by atoms with Crippen LogP contribution in [-0.2, 0) is 13.1 Å². The summed E-state index contributed by atoms with van der Waals surface area (Å²) in [6.07, 6.45) is 4.29. The van der Waals surface area contributed by atoms with Crippen molar-refractivity contribution < 1.29 is 4.74 Å². The monoisotopic (exact) mass is 405 g/mol. The lowest BCUT2D eigenvalue weighted by Crippen LogP contribution is -2.35. The van der Waals surface area contributed by atoms with Gasteiger partial charge < -0.3 is 20.3 Å². The van der Waals surface area contributed by atoms with E-state index < -0.39 is 0 Å². The second-order valence-electron chi connectivity index (χ2n) is 8.54. The van der Waals surface area contributed by atoms with Crippen molar-refractivity contribution in [2.45, 2.75) is 33.9 Å². The number of ether oxygens (including phenoxy) is 1. The molecule has 1 heterocycles. The van der Waals surface area contributed by atoms with E-state index in [2.05, 4.69) is 85.4 Å². The molecule has 0 amide bonds. The summed E-state index contributed by atoms with van der Waals surface area (Å²) < 4.78 is 5.78. The van der Waals surface area contributed by atoms with Crippen LogP contribution in [-0.4, -0.2) is 24.6 Å². The summed E-state index contributed by atoms with van der Waals surface area (Å²) in [6, 6.07) is 17.1. The molecule has 0 radical (unpaired) electrons. The van der Waals surface area contributed by atoms with E-state index in [1.807, 2.05) is 18.3 Å². The maximum absolute atomic E-state index is 5.78. The van der Waals surface area contributed by atoms with Gasteiger partial charge in [-0.1, -0.05) is 68.5 Å². The van der Waals surface area contributed by atoms with E-state index in [0.717, 1.165) is 44.4 Å². The van der Waals surface area contributed by atoms with Crippen molar-refractivity contribution in [1.29, 1.82) is 0 Å². The minimum atomic E-state index is 0.492. The molecule has 30 heavy (non-hydrogen) atoms. The van der Waals surface area contributed by atoms with Crippen molar-refractivity contribution in [2.75, 3.05) is 19.7 Å². The Kier molecular flexibility index (Phi) is 7.83. The summed E-state index contributed by atoms with van der Waals surface area (Å²) in [4.78, 5) is 2.34. The summed E-state index contributed by atoms with van der Waals surface area (Å²) in [5.74, 6) is 2.90. The normalized spacial score (nSPS) is 15.1. The molecule has 160 valence electrons. The highest BCUT2D eigenvalue weighted by Gasteiger charge is 2.16. The Labute approximate surface area is 181 Å². The summed E-state index contributed by atoms with van der Waals surface area (Å²) in [5.41, 5.74) is 3.79. The lowest BCUT2D eigenvalue weighted by atomic mass is 10.1. The fourth-order valence-electron chi connectivity index (χ4n) is 3.37. The number of benzene rings is 2. The predicted molar refractivity (Wildman–Crippen MR) is 125 cm³/mol. The van der Waals surface area contributed by atoms with Crippen molar-refractivity contribution >= 4 is 0 Å². The third-order valence-electron chi connectivity index (χ3n) is 5.20. The molecule has 4 nitrogen and oxygen atoms in total. The van der Waals surface area contributed by atoms with Gasteiger partial charge in [-0.05, 0) is 42.3 Å². The van der Waals surface area contributed by atoms with E-state index in [4.69, 9.17) is 4.74 Å². The number of rotatable bonds is 11. The van der Waals surface area contributed by atoms with E-state index in [1.165, 1.54) is 16.7 Å². The number of nitrogens with zero attached hydrogens (tertiary/aromatic N) is 1. The van der Waals surface area contributed by atoms with E-state index in [0.29, 0.717) is 11.8 Å². The minimum absolute atomic E-state index is 0.492. The molecule has 0 aromatic heterocycles. The molecule has 0 aliphatic carbocycles. The van der Waals surface area contributed by atoms with Crippen LogP contribution in [0.25, 0.3) is 0 Å². The Morgan fingerprint density at radius 2 is 1.83 bits per heavy atom. The molecule has 2 aromatic carbocycles. The van der Waals surface area contributed by atoms with Gasteiger partial charge >= 0.3 is 0 Å². The SMILES string of the molecule is C=C(NCc1ccc(OCC(C)C)cc1)N(Cc1ccc(C)cc1)CC1C=CNC1. The first-order chi connectivity index (χ1) is 14.5. The molecule has 1 unspecified atom stereocenters. The van der Waals surface area contributed by atoms with Crippen molar-refractivity contribution in [1.82, 2.24) is 15.5 Å². The Morgan fingerprint density at radius 3 is 2.47 bits per heavy atom. The summed E-state index contributed by atoms with van der Waals surface area (Å²) in [5, 5.41) is 6.82. The first-order valence-electron chi connectivity index (χ1n) is 10.8. The molecule has 4 heteroatoms. The van der Waals surface area contributed by atoms with E-state index in [-0.39, 0.29) is 0 Å². The van der Waals surface area contributed by atoms with Gasteiger partial charge in [0, 0.05) is 32.1 Å². The third kappa shape index (κ3) is 6.87. The highest BCUT2D eigenvalue weighted by atomic mass is 16.5. The molecule has 0 spiro atoms. The molecular weight excluding hydrogens is 370 g/mol. The van der Waals surface area contributed by atoms with E-state index in [1.54, 1.807) is 0 Å². The highest BCUT2D eigenvalue weighted by molar-refractivity contribution is 5.27. The lowest BCUT2D eigenvalue weighted by Gasteiger charge is -2.29. The van der Waals surface area contributed by atoms with Gasteiger partial charge in [-0.15, -0.1) is 0 Å². The molecule has 3 rings (SSSR count). The second-order valence-corrected chi connectivity index (χ2v) is 8.54. The van der Waals surface area contributed by atoms with Gasteiger partial charge in [0.05, 0.1) is 12.4 Å². The van der Waals surface area contributed by atoms with E-state index in [9.17, 15) is 0 Å².